The van der Waals surface area contributed by atoms with Crippen LogP contribution in [0.1, 0.15) is 81.1 Å². The topological polar surface area (TPSA) is 31.9 Å². The first-order valence-corrected chi connectivity index (χ1v) is 12.7. The normalized spacial score (nSPS) is 21.2. The van der Waals surface area contributed by atoms with Gasteiger partial charge in [0, 0.05) is 35.3 Å². The second-order valence-electron chi connectivity index (χ2n) is 10.8. The van der Waals surface area contributed by atoms with Gasteiger partial charge in [0.1, 0.15) is 0 Å². The number of thiazole rings is 1. The Labute approximate surface area is 190 Å². The number of rotatable bonds is 4. The summed E-state index contributed by atoms with van der Waals surface area (Å²) in [5.41, 5.74) is 7.32. The smallest absolute Gasteiger partial charge is 0.0964 e. The minimum Gasteiger partial charge on any atom is -0.364 e. The molecule has 4 heteroatoms. The van der Waals surface area contributed by atoms with Gasteiger partial charge in [-0.3, -0.25) is 4.90 Å². The lowest BCUT2D eigenvalue weighted by Crippen LogP contribution is -2.33. The molecule has 1 aliphatic carbocycles. The number of H-pyrrole nitrogens is 1. The molecular formula is C27H35N3S. The molecule has 0 radical (unpaired) electrons. The summed E-state index contributed by atoms with van der Waals surface area (Å²) >= 11 is 1.86. The zero-order chi connectivity index (χ0) is 21.6. The highest BCUT2D eigenvalue weighted by Crippen LogP contribution is 2.47. The molecule has 1 N–H and O–H groups in total. The standard InChI is InChI=1S/C27H35N3S/c1-26(2)11-12-27(3,4)23-16-20(7-8-22(23)26)24-18-31-25(29-24)19-9-14-30(15-10-19)17-21-6-5-13-28-21/h5-8,13,16,18-19,28H,9-12,14-15,17H2,1-4H3. The fourth-order valence-electron chi connectivity index (χ4n) is 5.40. The number of fused-ring (bicyclic) bond motifs is 1. The molecule has 0 amide bonds. The summed E-state index contributed by atoms with van der Waals surface area (Å²) < 4.78 is 0. The van der Waals surface area contributed by atoms with Crippen LogP contribution >= 0.6 is 11.3 Å². The molecule has 5 rings (SSSR count). The molecule has 0 atom stereocenters. The molecule has 164 valence electrons. The van der Waals surface area contributed by atoms with Crippen molar-refractivity contribution in [1.82, 2.24) is 14.9 Å². The second kappa shape index (κ2) is 7.90. The first kappa shape index (κ1) is 21.0. The van der Waals surface area contributed by atoms with Crippen LogP contribution in [-0.2, 0) is 17.4 Å². The average molecular weight is 434 g/mol. The Hall–Kier alpha value is -1.91. The van der Waals surface area contributed by atoms with E-state index in [2.05, 4.69) is 73.3 Å². The minimum absolute atomic E-state index is 0.242. The van der Waals surface area contributed by atoms with Crippen molar-refractivity contribution >= 4 is 11.3 Å². The van der Waals surface area contributed by atoms with Gasteiger partial charge in [-0.25, -0.2) is 4.98 Å². The van der Waals surface area contributed by atoms with Crippen molar-refractivity contribution in [2.75, 3.05) is 13.1 Å². The van der Waals surface area contributed by atoms with Crippen molar-refractivity contribution in [3.05, 3.63) is 63.7 Å². The van der Waals surface area contributed by atoms with Crippen LogP contribution < -0.4 is 0 Å². The molecule has 1 aromatic carbocycles. The van der Waals surface area contributed by atoms with E-state index in [1.807, 2.05) is 17.5 Å². The summed E-state index contributed by atoms with van der Waals surface area (Å²) in [4.78, 5) is 11.0. The van der Waals surface area contributed by atoms with Crippen LogP contribution in [0, 0.1) is 0 Å². The second-order valence-corrected chi connectivity index (χ2v) is 11.7. The van der Waals surface area contributed by atoms with Crippen molar-refractivity contribution in [3.63, 3.8) is 0 Å². The minimum atomic E-state index is 0.242. The van der Waals surface area contributed by atoms with Crippen LogP contribution in [0.4, 0.5) is 0 Å². The van der Waals surface area contributed by atoms with Crippen molar-refractivity contribution < 1.29 is 0 Å². The van der Waals surface area contributed by atoms with E-state index in [0.717, 1.165) is 25.3 Å². The van der Waals surface area contributed by atoms with Gasteiger partial charge < -0.3 is 4.98 Å². The first-order chi connectivity index (χ1) is 14.8. The highest BCUT2D eigenvalue weighted by atomic mass is 32.1. The predicted molar refractivity (Wildman–Crippen MR) is 131 cm³/mol. The van der Waals surface area contributed by atoms with Crippen LogP contribution in [0.25, 0.3) is 11.3 Å². The molecule has 1 aliphatic heterocycles. The molecular weight excluding hydrogens is 398 g/mol. The average Bonchev–Trinajstić information content (AvgIpc) is 3.44. The fourth-order valence-corrected chi connectivity index (χ4v) is 6.40. The van der Waals surface area contributed by atoms with Gasteiger partial charge in [0.2, 0.25) is 0 Å². The maximum Gasteiger partial charge on any atom is 0.0964 e. The lowest BCUT2D eigenvalue weighted by atomic mass is 9.63. The molecule has 0 bridgehead atoms. The highest BCUT2D eigenvalue weighted by molar-refractivity contribution is 7.10. The van der Waals surface area contributed by atoms with E-state index in [9.17, 15) is 0 Å². The van der Waals surface area contributed by atoms with Gasteiger partial charge >= 0.3 is 0 Å². The Bertz CT molecular complexity index is 1040. The molecule has 1 fully saturated rings. The van der Waals surface area contributed by atoms with E-state index in [0.29, 0.717) is 5.92 Å². The van der Waals surface area contributed by atoms with E-state index in [1.165, 1.54) is 53.1 Å². The Morgan fingerprint density at radius 3 is 2.48 bits per heavy atom. The van der Waals surface area contributed by atoms with Gasteiger partial charge in [0.05, 0.1) is 10.7 Å². The van der Waals surface area contributed by atoms with E-state index in [4.69, 9.17) is 4.98 Å². The Morgan fingerprint density at radius 2 is 1.77 bits per heavy atom. The van der Waals surface area contributed by atoms with Crippen molar-refractivity contribution in [1.29, 1.82) is 0 Å². The molecule has 3 aromatic rings. The number of benzene rings is 1. The number of nitrogens with zero attached hydrogens (tertiary/aromatic N) is 2. The number of nitrogens with one attached hydrogen (secondary N) is 1. The maximum absolute atomic E-state index is 5.13. The van der Waals surface area contributed by atoms with Crippen molar-refractivity contribution in [2.24, 2.45) is 0 Å². The van der Waals surface area contributed by atoms with Crippen LogP contribution in [0.2, 0.25) is 0 Å². The third kappa shape index (κ3) is 4.12. The number of piperidine rings is 1. The van der Waals surface area contributed by atoms with Crippen molar-refractivity contribution in [2.45, 2.75) is 76.7 Å². The van der Waals surface area contributed by atoms with Crippen molar-refractivity contribution in [3.8, 4) is 11.3 Å². The highest BCUT2D eigenvalue weighted by Gasteiger charge is 2.37. The summed E-state index contributed by atoms with van der Waals surface area (Å²) in [6.07, 6.45) is 6.94. The van der Waals surface area contributed by atoms with Crippen LogP contribution in [-0.4, -0.2) is 28.0 Å². The molecule has 0 unspecified atom stereocenters. The summed E-state index contributed by atoms with van der Waals surface area (Å²) in [6, 6.07) is 11.4. The quantitative estimate of drug-likeness (QED) is 0.487. The van der Waals surface area contributed by atoms with Gasteiger partial charge in [-0.1, -0.05) is 39.8 Å². The molecule has 1 saturated heterocycles. The van der Waals surface area contributed by atoms with Gasteiger partial charge in [-0.15, -0.1) is 11.3 Å². The zero-order valence-corrected chi connectivity index (χ0v) is 20.2. The maximum atomic E-state index is 5.13. The SMILES string of the molecule is CC1(C)CCC(C)(C)c2cc(-c3csc(C4CCN(Cc5ccc[nH]5)CC4)n3)ccc21. The van der Waals surface area contributed by atoms with Gasteiger partial charge in [0.15, 0.2) is 0 Å². The summed E-state index contributed by atoms with van der Waals surface area (Å²) in [7, 11) is 0. The molecule has 2 aliphatic rings. The fraction of sp³-hybridized carbons (Fsp3) is 0.519. The van der Waals surface area contributed by atoms with E-state index in [-0.39, 0.29) is 10.8 Å². The van der Waals surface area contributed by atoms with Crippen LogP contribution in [0.15, 0.2) is 41.9 Å². The number of hydrogen-bond acceptors (Lipinski definition) is 3. The largest absolute Gasteiger partial charge is 0.364 e. The number of likely N-dealkylation sites (tertiary alicyclic amines) is 1. The monoisotopic (exact) mass is 433 g/mol. The molecule has 2 aromatic heterocycles. The predicted octanol–water partition coefficient (Wildman–Crippen LogP) is 6.87. The Kier molecular flexibility index (Phi) is 5.34. The van der Waals surface area contributed by atoms with E-state index >= 15 is 0 Å². The number of hydrogen-bond donors (Lipinski definition) is 1. The van der Waals surface area contributed by atoms with Crippen LogP contribution in [0.3, 0.4) is 0 Å². The molecule has 31 heavy (non-hydrogen) atoms. The Balaban J connectivity index is 1.31. The number of aromatic nitrogens is 2. The molecule has 3 nitrogen and oxygen atoms in total. The molecule has 3 heterocycles. The Morgan fingerprint density at radius 1 is 1.03 bits per heavy atom. The van der Waals surface area contributed by atoms with E-state index in [1.54, 1.807) is 0 Å². The van der Waals surface area contributed by atoms with Gasteiger partial charge in [-0.05, 0) is 78.9 Å². The summed E-state index contributed by atoms with van der Waals surface area (Å²) in [5, 5.41) is 3.61. The van der Waals surface area contributed by atoms with Crippen LogP contribution in [0.5, 0.6) is 0 Å². The third-order valence-corrected chi connectivity index (χ3v) is 8.67. The van der Waals surface area contributed by atoms with Gasteiger partial charge in [-0.2, -0.15) is 0 Å². The summed E-state index contributed by atoms with van der Waals surface area (Å²) in [5.74, 6) is 0.603. The zero-order valence-electron chi connectivity index (χ0n) is 19.4. The third-order valence-electron chi connectivity index (χ3n) is 7.66. The molecule has 0 saturated carbocycles. The first-order valence-electron chi connectivity index (χ1n) is 11.8. The lowest BCUT2D eigenvalue weighted by Gasteiger charge is -2.42. The number of aromatic amines is 1. The summed E-state index contributed by atoms with van der Waals surface area (Å²) in [6.45, 7) is 12.9. The molecule has 0 spiro atoms. The lowest BCUT2D eigenvalue weighted by molar-refractivity contribution is 0.203. The van der Waals surface area contributed by atoms with E-state index < -0.39 is 0 Å². The van der Waals surface area contributed by atoms with Gasteiger partial charge in [0.25, 0.3) is 0 Å².